The lowest BCUT2D eigenvalue weighted by atomic mass is 10.4. The van der Waals surface area contributed by atoms with Gasteiger partial charge in [-0.15, -0.1) is 0 Å². The van der Waals surface area contributed by atoms with Crippen LogP contribution in [0, 0.1) is 10.1 Å². The molecule has 0 saturated heterocycles. The summed E-state index contributed by atoms with van der Waals surface area (Å²) in [7, 11) is -3.23. The molecule has 0 atom stereocenters. The van der Waals surface area contributed by atoms with Crippen LogP contribution in [-0.2, 0) is 15.6 Å². The highest BCUT2D eigenvalue weighted by Gasteiger charge is 2.17. The Kier molecular flexibility index (Phi) is 4.05. The average molecular weight is 247 g/mol. The minimum Gasteiger partial charge on any atom is -0.405 e. The first-order valence-corrected chi connectivity index (χ1v) is 6.70. The fourth-order valence-corrected chi connectivity index (χ4v) is 2.66. The summed E-state index contributed by atoms with van der Waals surface area (Å²) in [5, 5.41) is 10.3. The van der Waals surface area contributed by atoms with Crippen molar-refractivity contribution >= 4 is 15.7 Å². The van der Waals surface area contributed by atoms with Crippen molar-refractivity contribution in [3.8, 4) is 0 Å². The second-order valence-electron chi connectivity index (χ2n) is 3.44. The summed E-state index contributed by atoms with van der Waals surface area (Å²) in [6.45, 7) is 1.90. The lowest BCUT2D eigenvalue weighted by Gasteiger charge is -1.99. The highest BCUT2D eigenvalue weighted by Crippen LogP contribution is 2.18. The number of sulfone groups is 1. The maximum Gasteiger partial charge on any atom is 0.433 e. The Morgan fingerprint density at radius 3 is 2.62 bits per heavy atom. The Balaban J connectivity index is 2.69. The van der Waals surface area contributed by atoms with E-state index >= 15 is 0 Å². The molecule has 0 unspecified atom stereocenters. The van der Waals surface area contributed by atoms with Crippen molar-refractivity contribution in [3.63, 3.8) is 0 Å². The predicted octanol–water partition coefficient (Wildman–Crippen LogP) is 1.90. The molecule has 0 aliphatic carbocycles. The number of nitro groups is 1. The van der Waals surface area contributed by atoms with Crippen molar-refractivity contribution in [1.29, 1.82) is 0 Å². The number of hydrogen-bond donors (Lipinski definition) is 0. The largest absolute Gasteiger partial charge is 0.433 e. The summed E-state index contributed by atoms with van der Waals surface area (Å²) < 4.78 is 27.8. The molecule has 0 amide bonds. The van der Waals surface area contributed by atoms with Crippen LogP contribution < -0.4 is 0 Å². The van der Waals surface area contributed by atoms with Crippen LogP contribution in [-0.4, -0.2) is 19.1 Å². The van der Waals surface area contributed by atoms with E-state index in [1.807, 2.05) is 6.92 Å². The molecule has 0 aromatic carbocycles. The van der Waals surface area contributed by atoms with Gasteiger partial charge in [-0.1, -0.05) is 13.3 Å². The van der Waals surface area contributed by atoms with E-state index in [4.69, 9.17) is 4.42 Å². The molecule has 1 aromatic heterocycles. The average Bonchev–Trinajstić information content (AvgIpc) is 2.62. The van der Waals surface area contributed by atoms with Gasteiger partial charge in [-0.25, -0.2) is 8.42 Å². The minimum atomic E-state index is -3.23. The summed E-state index contributed by atoms with van der Waals surface area (Å²) >= 11 is 0. The molecule has 1 heterocycles. The standard InChI is InChI=1S/C9H13NO5S/c1-2-3-6-16(13,14)7-8-4-5-9(15-8)10(11)12/h4-5H,2-3,6-7H2,1H3. The van der Waals surface area contributed by atoms with Crippen molar-refractivity contribution in [3.05, 3.63) is 28.0 Å². The highest BCUT2D eigenvalue weighted by molar-refractivity contribution is 7.90. The monoisotopic (exact) mass is 247 g/mol. The first-order chi connectivity index (χ1) is 7.44. The summed E-state index contributed by atoms with van der Waals surface area (Å²) in [4.78, 5) is 9.62. The molecule has 6 nitrogen and oxygen atoms in total. The second-order valence-corrected chi connectivity index (χ2v) is 5.63. The summed E-state index contributed by atoms with van der Waals surface area (Å²) in [5.74, 6) is -0.512. The third kappa shape index (κ3) is 3.65. The molecule has 7 heteroatoms. The Labute approximate surface area is 93.3 Å². The fraction of sp³-hybridized carbons (Fsp3) is 0.556. The SMILES string of the molecule is CCCCS(=O)(=O)Cc1ccc([N+](=O)[O-])o1. The van der Waals surface area contributed by atoms with Crippen LogP contribution in [0.5, 0.6) is 0 Å². The first-order valence-electron chi connectivity index (χ1n) is 4.88. The van der Waals surface area contributed by atoms with Crippen molar-refractivity contribution in [1.82, 2.24) is 0 Å². The van der Waals surface area contributed by atoms with Gasteiger partial charge in [-0.2, -0.15) is 0 Å². The Hall–Kier alpha value is -1.37. The molecule has 0 saturated carbocycles. The quantitative estimate of drug-likeness (QED) is 0.565. The Bertz CT molecular complexity index is 462. The molecular formula is C9H13NO5S. The van der Waals surface area contributed by atoms with E-state index in [1.54, 1.807) is 0 Å². The van der Waals surface area contributed by atoms with Gasteiger partial charge in [-0.05, 0) is 12.5 Å². The highest BCUT2D eigenvalue weighted by atomic mass is 32.2. The Morgan fingerprint density at radius 1 is 1.44 bits per heavy atom. The number of furan rings is 1. The van der Waals surface area contributed by atoms with E-state index in [0.717, 1.165) is 12.5 Å². The van der Waals surface area contributed by atoms with Crippen LogP contribution in [0.3, 0.4) is 0 Å². The maximum absolute atomic E-state index is 11.5. The number of hydrogen-bond acceptors (Lipinski definition) is 5. The summed E-state index contributed by atoms with van der Waals surface area (Å²) in [6, 6.07) is 2.48. The fourth-order valence-electron chi connectivity index (χ4n) is 1.20. The minimum absolute atomic E-state index is 0.0813. The van der Waals surface area contributed by atoms with Gasteiger partial charge in [0, 0.05) is 0 Å². The van der Waals surface area contributed by atoms with Crippen molar-refractivity contribution in [2.24, 2.45) is 0 Å². The van der Waals surface area contributed by atoms with Crippen LogP contribution in [0.15, 0.2) is 16.5 Å². The van der Waals surface area contributed by atoms with Gasteiger partial charge in [0.05, 0.1) is 11.8 Å². The van der Waals surface area contributed by atoms with Crippen LogP contribution in [0.2, 0.25) is 0 Å². The van der Waals surface area contributed by atoms with E-state index in [0.29, 0.717) is 6.42 Å². The molecule has 0 aliphatic heterocycles. The molecule has 0 bridgehead atoms. The van der Waals surface area contributed by atoms with Gasteiger partial charge < -0.3 is 4.42 Å². The van der Waals surface area contributed by atoms with Crippen LogP contribution in [0.25, 0.3) is 0 Å². The zero-order valence-corrected chi connectivity index (χ0v) is 9.70. The summed E-state index contributed by atoms with van der Waals surface area (Å²) in [5.41, 5.74) is 0. The van der Waals surface area contributed by atoms with Gasteiger partial charge in [0.15, 0.2) is 9.84 Å². The van der Waals surface area contributed by atoms with E-state index in [2.05, 4.69) is 0 Å². The lowest BCUT2D eigenvalue weighted by molar-refractivity contribution is -0.402. The number of rotatable bonds is 6. The van der Waals surface area contributed by atoms with Crippen LogP contribution in [0.1, 0.15) is 25.5 Å². The second kappa shape index (κ2) is 5.11. The van der Waals surface area contributed by atoms with Crippen molar-refractivity contribution in [2.45, 2.75) is 25.5 Å². The molecule has 90 valence electrons. The van der Waals surface area contributed by atoms with E-state index < -0.39 is 20.6 Å². The van der Waals surface area contributed by atoms with E-state index in [9.17, 15) is 18.5 Å². The zero-order valence-electron chi connectivity index (χ0n) is 8.88. The molecular weight excluding hydrogens is 234 g/mol. The molecule has 1 aromatic rings. The molecule has 1 rings (SSSR count). The predicted molar refractivity (Wildman–Crippen MR) is 57.8 cm³/mol. The van der Waals surface area contributed by atoms with Gasteiger partial charge in [-0.3, -0.25) is 10.1 Å². The zero-order chi connectivity index (χ0) is 12.2. The van der Waals surface area contributed by atoms with E-state index in [-0.39, 0.29) is 17.3 Å². The topological polar surface area (TPSA) is 90.4 Å². The molecule has 16 heavy (non-hydrogen) atoms. The van der Waals surface area contributed by atoms with Gasteiger partial charge in [0.2, 0.25) is 0 Å². The summed E-state index contributed by atoms with van der Waals surface area (Å²) in [6.07, 6.45) is 1.38. The van der Waals surface area contributed by atoms with Gasteiger partial charge in [0.25, 0.3) is 0 Å². The Morgan fingerprint density at radius 2 is 2.12 bits per heavy atom. The van der Waals surface area contributed by atoms with E-state index in [1.165, 1.54) is 6.07 Å². The third-order valence-corrected chi connectivity index (χ3v) is 3.63. The molecule has 0 radical (unpaired) electrons. The van der Waals surface area contributed by atoms with Crippen LogP contribution >= 0.6 is 0 Å². The van der Waals surface area contributed by atoms with Gasteiger partial charge in [0.1, 0.15) is 16.4 Å². The molecule has 0 aliphatic rings. The van der Waals surface area contributed by atoms with Crippen molar-refractivity contribution < 1.29 is 17.8 Å². The third-order valence-electron chi connectivity index (χ3n) is 2.00. The van der Waals surface area contributed by atoms with Crippen LogP contribution in [0.4, 0.5) is 5.88 Å². The van der Waals surface area contributed by atoms with Crippen molar-refractivity contribution in [2.75, 3.05) is 5.75 Å². The molecule has 0 fully saturated rings. The molecule has 0 N–H and O–H groups in total. The maximum atomic E-state index is 11.5. The lowest BCUT2D eigenvalue weighted by Crippen LogP contribution is -2.08. The number of unbranched alkanes of at least 4 members (excludes halogenated alkanes) is 1. The normalized spacial score (nSPS) is 11.6. The van der Waals surface area contributed by atoms with Gasteiger partial charge >= 0.3 is 5.88 Å². The first kappa shape index (κ1) is 12.7. The smallest absolute Gasteiger partial charge is 0.405 e. The number of nitrogens with zero attached hydrogens (tertiary/aromatic N) is 1. The molecule has 0 spiro atoms.